The van der Waals surface area contributed by atoms with E-state index < -0.39 is 11.5 Å². The molecule has 0 saturated carbocycles. The Bertz CT molecular complexity index is 402. The van der Waals surface area contributed by atoms with Crippen molar-refractivity contribution in [3.8, 4) is 0 Å². The minimum absolute atomic E-state index is 0.0704. The number of likely N-dealkylation sites (tertiary alicyclic amines) is 2. The highest BCUT2D eigenvalue weighted by atomic mass is 16.4. The van der Waals surface area contributed by atoms with Gasteiger partial charge in [0.25, 0.3) is 0 Å². The van der Waals surface area contributed by atoms with Gasteiger partial charge in [-0.25, -0.2) is 9.59 Å². The maximum atomic E-state index is 12.7. The van der Waals surface area contributed by atoms with Crippen LogP contribution >= 0.6 is 0 Å². The van der Waals surface area contributed by atoms with E-state index in [-0.39, 0.29) is 6.03 Å². The van der Waals surface area contributed by atoms with Crippen LogP contribution in [0.1, 0.15) is 52.9 Å². The topological polar surface area (TPSA) is 60.9 Å². The zero-order valence-electron chi connectivity index (χ0n) is 13.5. The molecule has 0 aliphatic carbocycles. The lowest BCUT2D eigenvalue weighted by Gasteiger charge is -2.40. The summed E-state index contributed by atoms with van der Waals surface area (Å²) in [5.74, 6) is 0.485. The van der Waals surface area contributed by atoms with Crippen molar-refractivity contribution >= 4 is 12.0 Å². The zero-order valence-corrected chi connectivity index (χ0v) is 13.5. The number of amides is 2. The summed E-state index contributed by atoms with van der Waals surface area (Å²) in [5, 5.41) is 9.58. The first-order chi connectivity index (χ1) is 9.92. The van der Waals surface area contributed by atoms with E-state index in [0.717, 1.165) is 32.4 Å². The number of carboxylic acids is 1. The molecule has 0 aromatic heterocycles. The molecule has 21 heavy (non-hydrogen) atoms. The van der Waals surface area contributed by atoms with Crippen LogP contribution in [0.4, 0.5) is 4.79 Å². The minimum Gasteiger partial charge on any atom is -0.479 e. The smallest absolute Gasteiger partial charge is 0.329 e. The average molecular weight is 296 g/mol. The molecule has 2 amide bonds. The van der Waals surface area contributed by atoms with Crippen molar-refractivity contribution in [2.24, 2.45) is 11.8 Å². The Labute approximate surface area is 127 Å². The lowest BCUT2D eigenvalue weighted by atomic mass is 9.87. The van der Waals surface area contributed by atoms with Gasteiger partial charge in [-0.1, -0.05) is 20.8 Å². The maximum absolute atomic E-state index is 12.7. The third-order valence-corrected chi connectivity index (χ3v) is 5.46. The van der Waals surface area contributed by atoms with Crippen molar-refractivity contribution in [2.75, 3.05) is 19.6 Å². The molecule has 2 saturated heterocycles. The van der Waals surface area contributed by atoms with E-state index in [1.165, 1.54) is 0 Å². The molecule has 2 aliphatic rings. The molecule has 2 heterocycles. The Morgan fingerprint density at radius 2 is 1.86 bits per heavy atom. The fourth-order valence-corrected chi connectivity index (χ4v) is 3.83. The second-order valence-corrected chi connectivity index (χ2v) is 6.80. The van der Waals surface area contributed by atoms with E-state index in [4.69, 9.17) is 0 Å². The molecule has 2 fully saturated rings. The summed E-state index contributed by atoms with van der Waals surface area (Å²) in [6, 6.07) is -0.0704. The molecule has 5 heteroatoms. The zero-order chi connectivity index (χ0) is 15.6. The first-order valence-corrected chi connectivity index (χ1v) is 8.22. The van der Waals surface area contributed by atoms with Crippen molar-refractivity contribution in [1.82, 2.24) is 9.80 Å². The highest BCUT2D eigenvalue weighted by Crippen LogP contribution is 2.34. The highest BCUT2D eigenvalue weighted by Gasteiger charge is 2.49. The van der Waals surface area contributed by atoms with Gasteiger partial charge in [0.2, 0.25) is 0 Å². The van der Waals surface area contributed by atoms with E-state index in [1.807, 2.05) is 11.8 Å². The maximum Gasteiger partial charge on any atom is 0.329 e. The molecule has 1 atom stereocenters. The van der Waals surface area contributed by atoms with Crippen molar-refractivity contribution in [1.29, 1.82) is 0 Å². The van der Waals surface area contributed by atoms with E-state index >= 15 is 0 Å². The number of piperidine rings is 1. The van der Waals surface area contributed by atoms with Crippen LogP contribution in [0.2, 0.25) is 0 Å². The number of aliphatic carboxylic acids is 1. The molecular formula is C16H28N2O3. The largest absolute Gasteiger partial charge is 0.479 e. The molecule has 2 rings (SSSR count). The monoisotopic (exact) mass is 296 g/mol. The highest BCUT2D eigenvalue weighted by molar-refractivity contribution is 5.87. The van der Waals surface area contributed by atoms with Crippen LogP contribution in [0.3, 0.4) is 0 Å². The Morgan fingerprint density at radius 3 is 2.33 bits per heavy atom. The van der Waals surface area contributed by atoms with Gasteiger partial charge in [0.05, 0.1) is 0 Å². The molecule has 0 aromatic rings. The standard InChI is InChI=1S/C16H28N2O3/c1-4-16(14(19)20)8-5-9-18(16)15(21)17-10-6-13(7-11-17)12(2)3/h12-13H,4-11H2,1-3H3,(H,19,20). The van der Waals surface area contributed by atoms with Gasteiger partial charge in [-0.05, 0) is 43.9 Å². The lowest BCUT2D eigenvalue weighted by molar-refractivity contribution is -0.148. The molecule has 0 spiro atoms. The SMILES string of the molecule is CCC1(C(=O)O)CCCN1C(=O)N1CCC(C(C)C)CC1. The van der Waals surface area contributed by atoms with Crippen LogP contribution < -0.4 is 0 Å². The van der Waals surface area contributed by atoms with Gasteiger partial charge in [-0.3, -0.25) is 0 Å². The molecule has 0 aromatic carbocycles. The second kappa shape index (κ2) is 6.24. The minimum atomic E-state index is -0.980. The van der Waals surface area contributed by atoms with Gasteiger partial charge in [-0.2, -0.15) is 0 Å². The molecule has 120 valence electrons. The number of rotatable bonds is 3. The molecule has 1 unspecified atom stereocenters. The summed E-state index contributed by atoms with van der Waals surface area (Å²) in [6.07, 6.45) is 3.91. The number of carboxylic acid groups (broad SMARTS) is 1. The molecule has 2 aliphatic heterocycles. The lowest BCUT2D eigenvalue weighted by Crippen LogP contribution is -2.57. The van der Waals surface area contributed by atoms with Crippen LogP contribution in [0.5, 0.6) is 0 Å². The number of carbonyl (C=O) groups is 2. The van der Waals surface area contributed by atoms with E-state index in [2.05, 4.69) is 13.8 Å². The second-order valence-electron chi connectivity index (χ2n) is 6.80. The third kappa shape index (κ3) is 2.87. The summed E-state index contributed by atoms with van der Waals surface area (Å²) in [5.41, 5.74) is -0.980. The predicted molar refractivity (Wildman–Crippen MR) is 81.1 cm³/mol. The van der Waals surface area contributed by atoms with Gasteiger partial charge in [-0.15, -0.1) is 0 Å². The van der Waals surface area contributed by atoms with Crippen molar-refractivity contribution in [2.45, 2.75) is 58.4 Å². The third-order valence-electron chi connectivity index (χ3n) is 5.46. The fraction of sp³-hybridized carbons (Fsp3) is 0.875. The van der Waals surface area contributed by atoms with E-state index in [1.54, 1.807) is 4.90 Å². The van der Waals surface area contributed by atoms with Gasteiger partial charge in [0.15, 0.2) is 0 Å². The molecule has 0 radical (unpaired) electrons. The normalized spacial score (nSPS) is 27.4. The number of hydrogen-bond donors (Lipinski definition) is 1. The first kappa shape index (κ1) is 16.1. The van der Waals surface area contributed by atoms with Gasteiger partial charge in [0.1, 0.15) is 5.54 Å². The van der Waals surface area contributed by atoms with Crippen molar-refractivity contribution in [3.63, 3.8) is 0 Å². The van der Waals surface area contributed by atoms with Crippen LogP contribution in [0, 0.1) is 11.8 Å². The summed E-state index contributed by atoms with van der Waals surface area (Å²) >= 11 is 0. The quantitative estimate of drug-likeness (QED) is 0.871. The molecule has 5 nitrogen and oxygen atoms in total. The number of hydrogen-bond acceptors (Lipinski definition) is 2. The summed E-state index contributed by atoms with van der Waals surface area (Å²) < 4.78 is 0. The Balaban J connectivity index is 2.05. The Morgan fingerprint density at radius 1 is 1.24 bits per heavy atom. The summed E-state index contributed by atoms with van der Waals surface area (Å²) in [7, 11) is 0. The van der Waals surface area contributed by atoms with E-state index in [9.17, 15) is 14.7 Å². The van der Waals surface area contributed by atoms with Crippen LogP contribution in [-0.4, -0.2) is 52.1 Å². The van der Waals surface area contributed by atoms with Crippen molar-refractivity contribution < 1.29 is 14.7 Å². The average Bonchev–Trinajstić information content (AvgIpc) is 2.91. The Hall–Kier alpha value is -1.26. The van der Waals surface area contributed by atoms with E-state index in [0.29, 0.717) is 31.2 Å². The fourth-order valence-electron chi connectivity index (χ4n) is 3.83. The van der Waals surface area contributed by atoms with Gasteiger partial charge >= 0.3 is 12.0 Å². The van der Waals surface area contributed by atoms with Gasteiger partial charge in [0, 0.05) is 19.6 Å². The molecule has 1 N–H and O–H groups in total. The first-order valence-electron chi connectivity index (χ1n) is 8.22. The summed E-state index contributed by atoms with van der Waals surface area (Å²) in [6.45, 7) is 8.42. The predicted octanol–water partition coefficient (Wildman–Crippen LogP) is 2.80. The van der Waals surface area contributed by atoms with Crippen LogP contribution in [0.25, 0.3) is 0 Å². The molecular weight excluding hydrogens is 268 g/mol. The van der Waals surface area contributed by atoms with Gasteiger partial charge < -0.3 is 14.9 Å². The molecule has 0 bridgehead atoms. The van der Waals surface area contributed by atoms with Crippen LogP contribution in [0.15, 0.2) is 0 Å². The number of urea groups is 1. The number of nitrogens with zero attached hydrogens (tertiary/aromatic N) is 2. The number of carbonyl (C=O) groups excluding carboxylic acids is 1. The van der Waals surface area contributed by atoms with Crippen LogP contribution in [-0.2, 0) is 4.79 Å². The van der Waals surface area contributed by atoms with Crippen molar-refractivity contribution in [3.05, 3.63) is 0 Å². The summed E-state index contributed by atoms with van der Waals surface area (Å²) in [4.78, 5) is 27.9. The Kier molecular flexibility index (Phi) is 4.79.